The van der Waals surface area contributed by atoms with E-state index in [1.54, 1.807) is 23.1 Å². The summed E-state index contributed by atoms with van der Waals surface area (Å²) in [5.41, 5.74) is 6.86. The average Bonchev–Trinajstić information content (AvgIpc) is 3.45. The lowest BCUT2D eigenvalue weighted by atomic mass is 9.85. The number of ether oxygens (including phenoxy) is 1. The van der Waals surface area contributed by atoms with Crippen LogP contribution in [-0.4, -0.2) is 75.2 Å². The zero-order valence-electron chi connectivity index (χ0n) is 22.2. The van der Waals surface area contributed by atoms with Gasteiger partial charge in [0.25, 0.3) is 5.91 Å². The van der Waals surface area contributed by atoms with Crippen LogP contribution in [0.4, 0.5) is 15.3 Å². The molecule has 1 atom stereocenters. The second-order valence-electron chi connectivity index (χ2n) is 10.4. The lowest BCUT2D eigenvalue weighted by molar-refractivity contribution is -0.139. The Morgan fingerprint density at radius 1 is 1.08 bits per heavy atom. The van der Waals surface area contributed by atoms with Crippen LogP contribution in [0.25, 0.3) is 10.9 Å². The molecule has 39 heavy (non-hydrogen) atoms. The molecule has 0 saturated carbocycles. The fourth-order valence-electron chi connectivity index (χ4n) is 5.30. The summed E-state index contributed by atoms with van der Waals surface area (Å²) in [4.78, 5) is 56.6. The predicted molar refractivity (Wildman–Crippen MR) is 144 cm³/mol. The number of amides is 4. The Kier molecular flexibility index (Phi) is 6.85. The van der Waals surface area contributed by atoms with Gasteiger partial charge in [0.1, 0.15) is 12.1 Å². The number of fused-ring (bicyclic) bond motifs is 1. The van der Waals surface area contributed by atoms with Crippen molar-refractivity contribution in [3.63, 3.8) is 0 Å². The van der Waals surface area contributed by atoms with E-state index in [0.717, 1.165) is 10.5 Å². The first kappa shape index (κ1) is 26.4. The van der Waals surface area contributed by atoms with E-state index in [-0.39, 0.29) is 24.3 Å². The Labute approximate surface area is 226 Å². The van der Waals surface area contributed by atoms with Crippen molar-refractivity contribution in [1.29, 1.82) is 0 Å². The monoisotopic (exact) mass is 532 g/mol. The summed E-state index contributed by atoms with van der Waals surface area (Å²) >= 11 is 0. The van der Waals surface area contributed by atoms with Gasteiger partial charge in [-0.2, -0.15) is 9.78 Å². The Bertz CT molecular complexity index is 1430. The van der Waals surface area contributed by atoms with E-state index in [1.165, 1.54) is 22.8 Å². The van der Waals surface area contributed by atoms with E-state index in [4.69, 9.17) is 10.5 Å². The predicted octanol–water partition coefficient (Wildman–Crippen LogP) is 2.96. The highest BCUT2D eigenvalue weighted by Crippen LogP contribution is 2.41. The zero-order valence-corrected chi connectivity index (χ0v) is 22.2. The summed E-state index contributed by atoms with van der Waals surface area (Å²) in [5.74, 6) is -0.452. The van der Waals surface area contributed by atoms with Gasteiger partial charge in [0.05, 0.1) is 17.8 Å². The van der Waals surface area contributed by atoms with E-state index < -0.39 is 23.7 Å². The smallest absolute Gasteiger partial charge is 0.435 e. The van der Waals surface area contributed by atoms with E-state index in [2.05, 4.69) is 5.10 Å². The van der Waals surface area contributed by atoms with Gasteiger partial charge in [-0.05, 0) is 42.5 Å². The van der Waals surface area contributed by atoms with Crippen molar-refractivity contribution in [2.45, 2.75) is 44.9 Å². The number of imide groups is 1. The topological polar surface area (TPSA) is 131 Å². The first-order valence-corrected chi connectivity index (χ1v) is 13.0. The molecule has 0 radical (unpaired) electrons. The third-order valence-corrected chi connectivity index (χ3v) is 7.70. The summed E-state index contributed by atoms with van der Waals surface area (Å²) in [6.45, 7) is 4.53. The van der Waals surface area contributed by atoms with Crippen molar-refractivity contribution in [2.75, 3.05) is 25.0 Å². The maximum absolute atomic E-state index is 13.4. The van der Waals surface area contributed by atoms with Gasteiger partial charge in [-0.3, -0.25) is 19.4 Å². The SMILES string of the molecule is CC(C)[C@@H](N)C(=O)N1CCC2(CC1)C(=O)N(C)C(=O)N2c1ccc2c(cnn2C(=O)OCc2ccccc2)c1. The second kappa shape index (κ2) is 10.1. The molecular weight excluding hydrogens is 500 g/mol. The highest BCUT2D eigenvalue weighted by molar-refractivity contribution is 6.17. The fourth-order valence-corrected chi connectivity index (χ4v) is 5.30. The van der Waals surface area contributed by atoms with Crippen LogP contribution in [0.2, 0.25) is 0 Å². The number of carbonyl (C=O) groups excluding carboxylic acids is 4. The third-order valence-electron chi connectivity index (χ3n) is 7.70. The number of likely N-dealkylation sites (N-methyl/N-ethyl adjacent to an activating group) is 1. The van der Waals surface area contributed by atoms with Crippen LogP contribution in [0, 0.1) is 5.92 Å². The number of hydrogen-bond donors (Lipinski definition) is 1. The minimum atomic E-state index is -1.11. The van der Waals surface area contributed by atoms with Gasteiger partial charge < -0.3 is 15.4 Å². The summed E-state index contributed by atoms with van der Waals surface area (Å²) in [5, 5.41) is 4.81. The summed E-state index contributed by atoms with van der Waals surface area (Å²) < 4.78 is 6.58. The number of rotatable bonds is 5. The Morgan fingerprint density at radius 3 is 2.44 bits per heavy atom. The third kappa shape index (κ3) is 4.52. The second-order valence-corrected chi connectivity index (χ2v) is 10.4. The number of piperidine rings is 1. The first-order chi connectivity index (χ1) is 18.6. The summed E-state index contributed by atoms with van der Waals surface area (Å²) in [6, 6.07) is 13.4. The molecule has 2 fully saturated rings. The number of likely N-dealkylation sites (tertiary alicyclic amines) is 1. The van der Waals surface area contributed by atoms with Crippen LogP contribution in [0.3, 0.4) is 0 Å². The van der Waals surface area contributed by atoms with Crippen molar-refractivity contribution in [3.05, 3.63) is 60.3 Å². The van der Waals surface area contributed by atoms with Crippen LogP contribution in [0.15, 0.2) is 54.7 Å². The molecule has 2 aliphatic rings. The molecule has 3 aromatic rings. The number of nitrogens with two attached hydrogens (primary N) is 1. The molecule has 1 aromatic heterocycles. The lowest BCUT2D eigenvalue weighted by Crippen LogP contribution is -2.59. The minimum absolute atomic E-state index is 0.00558. The standard InChI is InChI=1S/C28H32N6O5/c1-18(2)23(29)24(35)32-13-11-28(12-14-32)25(36)31(3)26(37)33(28)21-9-10-22-20(15-21)16-30-34(22)27(38)39-17-19-7-5-4-6-8-19/h4-10,15-16,18,23H,11-14,17,29H2,1-3H3/t23-/m1/s1. The first-order valence-electron chi connectivity index (χ1n) is 13.0. The Morgan fingerprint density at radius 2 is 1.77 bits per heavy atom. The number of aromatic nitrogens is 2. The van der Waals surface area contributed by atoms with E-state index in [0.29, 0.717) is 42.5 Å². The maximum Gasteiger partial charge on any atom is 0.435 e. The normalized spacial score (nSPS) is 17.9. The van der Waals surface area contributed by atoms with E-state index in [1.807, 2.05) is 44.2 Å². The van der Waals surface area contributed by atoms with Crippen LogP contribution in [0.5, 0.6) is 0 Å². The number of benzene rings is 2. The van der Waals surface area contributed by atoms with Gasteiger partial charge in [-0.1, -0.05) is 44.2 Å². The molecule has 2 aromatic carbocycles. The van der Waals surface area contributed by atoms with Gasteiger partial charge in [-0.25, -0.2) is 9.59 Å². The zero-order chi connectivity index (χ0) is 27.9. The Balaban J connectivity index is 1.38. The fraction of sp³-hybridized carbons (Fsp3) is 0.393. The highest BCUT2D eigenvalue weighted by atomic mass is 16.6. The molecule has 4 amide bonds. The van der Waals surface area contributed by atoms with Crippen molar-refractivity contribution in [2.24, 2.45) is 11.7 Å². The van der Waals surface area contributed by atoms with Gasteiger partial charge in [-0.15, -0.1) is 0 Å². The molecule has 204 valence electrons. The van der Waals surface area contributed by atoms with Crippen LogP contribution in [0.1, 0.15) is 32.3 Å². The molecule has 0 bridgehead atoms. The molecule has 5 rings (SSSR count). The maximum atomic E-state index is 13.4. The number of hydrogen-bond acceptors (Lipinski definition) is 7. The van der Waals surface area contributed by atoms with Crippen LogP contribution >= 0.6 is 0 Å². The summed E-state index contributed by atoms with van der Waals surface area (Å²) in [7, 11) is 1.47. The van der Waals surface area contributed by atoms with Crippen LogP contribution < -0.4 is 10.6 Å². The van der Waals surface area contributed by atoms with Crippen molar-refractivity contribution >= 4 is 40.5 Å². The van der Waals surface area contributed by atoms with E-state index >= 15 is 0 Å². The molecule has 3 heterocycles. The molecule has 1 spiro atoms. The molecule has 0 unspecified atom stereocenters. The highest BCUT2D eigenvalue weighted by Gasteiger charge is 2.58. The Hall–Kier alpha value is -4.25. The summed E-state index contributed by atoms with van der Waals surface area (Å²) in [6.07, 6.45) is 1.49. The molecule has 11 nitrogen and oxygen atoms in total. The van der Waals surface area contributed by atoms with Gasteiger partial charge in [0, 0.05) is 31.2 Å². The molecule has 0 aliphatic carbocycles. The van der Waals surface area contributed by atoms with E-state index in [9.17, 15) is 19.2 Å². The molecule has 2 aliphatic heterocycles. The number of urea groups is 1. The number of nitrogens with zero attached hydrogens (tertiary/aromatic N) is 5. The van der Waals surface area contributed by atoms with Gasteiger partial charge in [0.15, 0.2) is 0 Å². The van der Waals surface area contributed by atoms with Crippen LogP contribution in [-0.2, 0) is 20.9 Å². The number of anilines is 1. The molecule has 2 saturated heterocycles. The molecule has 11 heteroatoms. The number of carbonyl (C=O) groups is 4. The van der Waals surface area contributed by atoms with Crippen molar-refractivity contribution in [1.82, 2.24) is 19.6 Å². The van der Waals surface area contributed by atoms with Crippen molar-refractivity contribution in [3.8, 4) is 0 Å². The largest absolute Gasteiger partial charge is 0.443 e. The van der Waals surface area contributed by atoms with Gasteiger partial charge in [0.2, 0.25) is 5.91 Å². The molecule has 2 N–H and O–H groups in total. The molecular formula is C28H32N6O5. The van der Waals surface area contributed by atoms with Crippen molar-refractivity contribution < 1.29 is 23.9 Å². The van der Waals surface area contributed by atoms with Gasteiger partial charge >= 0.3 is 12.1 Å². The minimum Gasteiger partial charge on any atom is -0.443 e. The average molecular weight is 533 g/mol. The quantitative estimate of drug-likeness (QED) is 0.500. The lowest BCUT2D eigenvalue weighted by Gasteiger charge is -2.42.